The summed E-state index contributed by atoms with van der Waals surface area (Å²) in [5.74, 6) is 0.221. The summed E-state index contributed by atoms with van der Waals surface area (Å²) >= 11 is 0. The van der Waals surface area contributed by atoms with Crippen molar-refractivity contribution >= 4 is 5.82 Å². The van der Waals surface area contributed by atoms with Gasteiger partial charge in [-0.05, 0) is 45.2 Å². The molecule has 164 valence electrons. The highest BCUT2D eigenvalue weighted by molar-refractivity contribution is 5.64. The van der Waals surface area contributed by atoms with Crippen LogP contribution in [0.5, 0.6) is 5.75 Å². The molecular weight excluding hydrogens is 392 g/mol. The van der Waals surface area contributed by atoms with Crippen LogP contribution in [0.2, 0.25) is 0 Å². The van der Waals surface area contributed by atoms with Gasteiger partial charge in [-0.25, -0.2) is 4.98 Å². The molecule has 2 aromatic heterocycles. The Morgan fingerprint density at radius 1 is 1.20 bits per heavy atom. The Morgan fingerprint density at radius 3 is 2.63 bits per heavy atom. The van der Waals surface area contributed by atoms with Crippen LogP contribution >= 0.6 is 0 Å². The minimum Gasteiger partial charge on any atom is -0.431 e. The molecule has 2 atom stereocenters. The number of hydrogen-bond acceptors (Lipinski definition) is 6. The van der Waals surface area contributed by atoms with Gasteiger partial charge in [0.25, 0.3) is 0 Å². The van der Waals surface area contributed by atoms with Gasteiger partial charge in [0.2, 0.25) is 0 Å². The molecule has 7 nitrogen and oxygen atoms in total. The molecule has 9 heteroatoms. The highest BCUT2D eigenvalue weighted by Crippen LogP contribution is 2.40. The van der Waals surface area contributed by atoms with Crippen LogP contribution in [-0.4, -0.2) is 58.6 Å². The first-order valence-electron chi connectivity index (χ1n) is 10.4. The van der Waals surface area contributed by atoms with Crippen molar-refractivity contribution in [3.8, 4) is 17.0 Å². The minimum absolute atomic E-state index is 0.0647. The molecule has 1 aliphatic heterocycles. The van der Waals surface area contributed by atoms with Crippen molar-refractivity contribution in [2.45, 2.75) is 63.8 Å². The van der Waals surface area contributed by atoms with E-state index in [2.05, 4.69) is 34.5 Å². The number of likely N-dealkylation sites (tertiary alicyclic amines) is 1. The second kappa shape index (κ2) is 8.47. The van der Waals surface area contributed by atoms with E-state index in [0.717, 1.165) is 32.4 Å². The van der Waals surface area contributed by atoms with Gasteiger partial charge in [-0.1, -0.05) is 0 Å². The molecular formula is C21H29F2N5O2. The summed E-state index contributed by atoms with van der Waals surface area (Å²) in [5.41, 5.74) is 8.16. The fourth-order valence-corrected chi connectivity index (χ4v) is 4.53. The first-order valence-corrected chi connectivity index (χ1v) is 10.4. The second-order valence-electron chi connectivity index (χ2n) is 8.45. The molecule has 1 saturated heterocycles. The number of ether oxygens (including phenoxy) is 2. The van der Waals surface area contributed by atoms with Crippen molar-refractivity contribution in [2.75, 3.05) is 25.9 Å². The summed E-state index contributed by atoms with van der Waals surface area (Å²) < 4.78 is 37.3. The molecule has 1 unspecified atom stereocenters. The van der Waals surface area contributed by atoms with Gasteiger partial charge in [-0.15, -0.1) is 0 Å². The van der Waals surface area contributed by atoms with Crippen molar-refractivity contribution < 1.29 is 18.3 Å². The largest absolute Gasteiger partial charge is 0.431 e. The van der Waals surface area contributed by atoms with Crippen LogP contribution < -0.4 is 10.5 Å². The van der Waals surface area contributed by atoms with Crippen LogP contribution in [0.15, 0.2) is 18.3 Å². The lowest BCUT2D eigenvalue weighted by Gasteiger charge is -2.42. The normalized spacial score (nSPS) is 22.8. The Morgan fingerprint density at radius 2 is 1.97 bits per heavy atom. The number of aromatic nitrogens is 3. The molecule has 3 heterocycles. The van der Waals surface area contributed by atoms with Crippen molar-refractivity contribution in [3.63, 3.8) is 0 Å². The molecule has 0 spiro atoms. The maximum absolute atomic E-state index is 12.7. The van der Waals surface area contributed by atoms with Crippen LogP contribution in [0.1, 0.15) is 50.8 Å². The van der Waals surface area contributed by atoms with E-state index in [1.807, 2.05) is 4.68 Å². The molecule has 0 amide bonds. The quantitative estimate of drug-likeness (QED) is 0.735. The Balaban J connectivity index is 1.56. The number of pyridine rings is 1. The van der Waals surface area contributed by atoms with E-state index >= 15 is 0 Å². The second-order valence-corrected chi connectivity index (χ2v) is 8.45. The predicted octanol–water partition coefficient (Wildman–Crippen LogP) is 3.68. The van der Waals surface area contributed by atoms with Gasteiger partial charge < -0.3 is 15.2 Å². The zero-order valence-corrected chi connectivity index (χ0v) is 17.6. The van der Waals surface area contributed by atoms with E-state index in [9.17, 15) is 8.78 Å². The monoisotopic (exact) mass is 421 g/mol. The molecule has 0 radical (unpaired) electrons. The highest BCUT2D eigenvalue weighted by atomic mass is 19.3. The summed E-state index contributed by atoms with van der Waals surface area (Å²) in [4.78, 5) is 6.51. The van der Waals surface area contributed by atoms with Crippen LogP contribution in [0.25, 0.3) is 11.3 Å². The number of anilines is 1. The Hall–Kier alpha value is -2.26. The number of hydrogen-bond donors (Lipinski definition) is 1. The molecule has 2 aliphatic rings. The highest BCUT2D eigenvalue weighted by Gasteiger charge is 2.38. The fraction of sp³-hybridized carbons (Fsp3) is 0.619. The van der Waals surface area contributed by atoms with Gasteiger partial charge in [-0.2, -0.15) is 13.9 Å². The van der Waals surface area contributed by atoms with Gasteiger partial charge >= 0.3 is 6.61 Å². The lowest BCUT2D eigenvalue weighted by Crippen LogP contribution is -2.55. The maximum atomic E-state index is 12.7. The SMILES string of the molecule is COC1CN(C2CC[C@@H](c3cc(-c4cnc(N)c(OC(F)F)c4)nn3C(C)C)C2)C1. The third-order valence-corrected chi connectivity index (χ3v) is 6.20. The predicted molar refractivity (Wildman–Crippen MR) is 110 cm³/mol. The first kappa shape index (κ1) is 21.0. The summed E-state index contributed by atoms with van der Waals surface area (Å²) in [6.45, 7) is 3.25. The standard InChI is InChI=1S/C21H29F2N5O2/c1-12(2)28-18(13-4-5-15(6-13)27-10-16(11-27)29-3)8-17(26-28)14-7-19(30-21(22)23)20(24)25-9-14/h7-9,12-13,15-16,21H,4-6,10-11H2,1-3H3,(H2,24,25)/t13-,15?/m1/s1. The number of rotatable bonds is 7. The van der Waals surface area contributed by atoms with Gasteiger partial charge in [0, 0.05) is 55.7 Å². The zero-order valence-electron chi connectivity index (χ0n) is 17.6. The number of methoxy groups -OCH3 is 1. The van der Waals surface area contributed by atoms with Gasteiger partial charge in [0.1, 0.15) is 0 Å². The van der Waals surface area contributed by atoms with Crippen LogP contribution in [0.3, 0.4) is 0 Å². The Bertz CT molecular complexity index is 882. The molecule has 2 N–H and O–H groups in total. The topological polar surface area (TPSA) is 78.4 Å². The van der Waals surface area contributed by atoms with Gasteiger partial charge in [0.15, 0.2) is 11.6 Å². The number of halogens is 2. The molecule has 0 aromatic carbocycles. The van der Waals surface area contributed by atoms with E-state index in [0.29, 0.717) is 29.3 Å². The molecule has 2 fully saturated rings. The van der Waals surface area contributed by atoms with Crippen molar-refractivity contribution in [1.29, 1.82) is 0 Å². The molecule has 30 heavy (non-hydrogen) atoms. The van der Waals surface area contributed by atoms with Crippen molar-refractivity contribution in [2.24, 2.45) is 0 Å². The third-order valence-electron chi connectivity index (χ3n) is 6.20. The van der Waals surface area contributed by atoms with Crippen molar-refractivity contribution in [1.82, 2.24) is 19.7 Å². The van der Waals surface area contributed by atoms with Crippen LogP contribution in [-0.2, 0) is 4.74 Å². The number of nitrogens with two attached hydrogens (primary N) is 1. The molecule has 2 aromatic rings. The van der Waals surface area contributed by atoms with E-state index in [1.165, 1.54) is 11.8 Å². The van der Waals surface area contributed by atoms with E-state index in [-0.39, 0.29) is 17.6 Å². The van der Waals surface area contributed by atoms with Crippen molar-refractivity contribution in [3.05, 3.63) is 24.0 Å². The number of nitrogens with zero attached hydrogens (tertiary/aromatic N) is 4. The summed E-state index contributed by atoms with van der Waals surface area (Å²) in [7, 11) is 1.77. The average molecular weight is 421 g/mol. The average Bonchev–Trinajstić information content (AvgIpc) is 3.29. The summed E-state index contributed by atoms with van der Waals surface area (Å²) in [6, 6.07) is 4.30. The number of nitrogen functional groups attached to an aromatic ring is 1. The van der Waals surface area contributed by atoms with Crippen LogP contribution in [0.4, 0.5) is 14.6 Å². The summed E-state index contributed by atoms with van der Waals surface area (Å²) in [6.07, 6.45) is 5.27. The van der Waals surface area contributed by atoms with Crippen LogP contribution in [0, 0.1) is 0 Å². The fourth-order valence-electron chi connectivity index (χ4n) is 4.53. The van der Waals surface area contributed by atoms with E-state index in [4.69, 9.17) is 15.6 Å². The van der Waals surface area contributed by atoms with Gasteiger partial charge in [-0.3, -0.25) is 9.58 Å². The smallest absolute Gasteiger partial charge is 0.387 e. The lowest BCUT2D eigenvalue weighted by atomic mass is 10.0. The molecule has 1 saturated carbocycles. The molecule has 4 rings (SSSR count). The zero-order chi connectivity index (χ0) is 21.4. The molecule has 1 aliphatic carbocycles. The van der Waals surface area contributed by atoms with E-state index < -0.39 is 6.61 Å². The molecule has 0 bridgehead atoms. The minimum atomic E-state index is -2.96. The van der Waals surface area contributed by atoms with Gasteiger partial charge in [0.05, 0.1) is 11.8 Å². The number of alkyl halides is 2. The Labute approximate surface area is 175 Å². The Kier molecular flexibility index (Phi) is 5.92. The van der Waals surface area contributed by atoms with E-state index in [1.54, 1.807) is 13.3 Å². The lowest BCUT2D eigenvalue weighted by molar-refractivity contribution is -0.0496. The maximum Gasteiger partial charge on any atom is 0.387 e. The third kappa shape index (κ3) is 4.13. The summed E-state index contributed by atoms with van der Waals surface area (Å²) in [5, 5.41) is 4.76. The first-order chi connectivity index (χ1) is 14.4.